The number of nitrogens with two attached hydrogens (primary N) is 1. The van der Waals surface area contributed by atoms with Crippen molar-refractivity contribution in [2.45, 2.75) is 0 Å². The Bertz CT molecular complexity index is 257. The lowest BCUT2D eigenvalue weighted by Crippen LogP contribution is -2.31. The van der Waals surface area contributed by atoms with E-state index < -0.39 is 15.9 Å². The highest BCUT2D eigenvalue weighted by molar-refractivity contribution is 7.85. The third kappa shape index (κ3) is 5.93. The second-order valence-electron chi connectivity index (χ2n) is 2.42. The molecule has 0 aromatic carbocycles. The molecule has 0 aliphatic rings. The molecule has 0 saturated carbocycles. The van der Waals surface area contributed by atoms with Crippen molar-refractivity contribution in [3.05, 3.63) is 0 Å². The average Bonchev–Trinajstić information content (AvgIpc) is 1.84. The summed E-state index contributed by atoms with van der Waals surface area (Å²) in [5.74, 6) is -0.166. The topological polar surface area (TPSA) is 96.0 Å². The van der Waals surface area contributed by atoms with E-state index in [2.05, 4.69) is 4.99 Å². The number of hydrogen-bond donors (Lipinski definition) is 2. The van der Waals surface area contributed by atoms with Gasteiger partial charge in [0, 0.05) is 14.1 Å². The molecule has 0 spiro atoms. The number of rotatable bonds is 3. The number of guanidine groups is 1. The third-order valence-corrected chi connectivity index (χ3v) is 1.78. The molecule has 0 unspecified atom stereocenters. The average molecular weight is 195 g/mol. The van der Waals surface area contributed by atoms with E-state index in [1.807, 2.05) is 0 Å². The molecule has 0 bridgehead atoms. The molecule has 0 heterocycles. The standard InChI is InChI=1S/C5H13N3O3S/c1-8(2)5(6)7-3-4-12(9,10)11/h3-4H2,1-2H3,(H2,6,7)(H,9,10,11). The van der Waals surface area contributed by atoms with E-state index in [4.69, 9.17) is 10.3 Å². The van der Waals surface area contributed by atoms with E-state index in [1.165, 1.54) is 0 Å². The summed E-state index contributed by atoms with van der Waals surface area (Å²) in [6.45, 7) is -0.0250. The van der Waals surface area contributed by atoms with Crippen LogP contribution in [0.3, 0.4) is 0 Å². The lowest BCUT2D eigenvalue weighted by atomic mass is 10.7. The van der Waals surface area contributed by atoms with E-state index in [0.717, 1.165) is 0 Å². The first-order valence-corrected chi connectivity index (χ1v) is 4.86. The summed E-state index contributed by atoms with van der Waals surface area (Å²) >= 11 is 0. The summed E-state index contributed by atoms with van der Waals surface area (Å²) < 4.78 is 28.7. The van der Waals surface area contributed by atoms with E-state index in [9.17, 15) is 8.42 Å². The molecule has 7 heteroatoms. The highest BCUT2D eigenvalue weighted by Crippen LogP contribution is 1.83. The number of hydrogen-bond acceptors (Lipinski definition) is 3. The summed E-state index contributed by atoms with van der Waals surface area (Å²) in [5, 5.41) is 0. The Morgan fingerprint density at radius 1 is 1.58 bits per heavy atom. The van der Waals surface area contributed by atoms with Crippen molar-refractivity contribution in [2.75, 3.05) is 26.4 Å². The SMILES string of the molecule is CN(C)C(N)=NCCS(=O)(=O)O. The van der Waals surface area contributed by atoms with Crippen LogP contribution in [-0.2, 0) is 10.1 Å². The summed E-state index contributed by atoms with van der Waals surface area (Å²) in [4.78, 5) is 5.24. The Morgan fingerprint density at radius 2 is 2.08 bits per heavy atom. The van der Waals surface area contributed by atoms with Gasteiger partial charge in [-0.25, -0.2) is 0 Å². The molecule has 72 valence electrons. The Labute approximate surface area is 71.8 Å². The molecule has 0 fully saturated rings. The van der Waals surface area contributed by atoms with Gasteiger partial charge in [-0.05, 0) is 0 Å². The number of nitrogens with zero attached hydrogens (tertiary/aromatic N) is 2. The van der Waals surface area contributed by atoms with Crippen molar-refractivity contribution < 1.29 is 13.0 Å². The first-order valence-electron chi connectivity index (χ1n) is 3.25. The van der Waals surface area contributed by atoms with Crippen LogP contribution in [0.1, 0.15) is 0 Å². The van der Waals surface area contributed by atoms with Crippen LogP contribution in [0.2, 0.25) is 0 Å². The monoisotopic (exact) mass is 195 g/mol. The molecule has 0 atom stereocenters. The molecule has 0 saturated heterocycles. The summed E-state index contributed by atoms with van der Waals surface area (Å²) in [5.41, 5.74) is 5.35. The smallest absolute Gasteiger partial charge is 0.266 e. The minimum atomic E-state index is -3.93. The van der Waals surface area contributed by atoms with E-state index >= 15 is 0 Å². The maximum absolute atomic E-state index is 10.2. The highest BCUT2D eigenvalue weighted by Gasteiger charge is 2.02. The Hall–Kier alpha value is -0.820. The Balaban J connectivity index is 3.92. The highest BCUT2D eigenvalue weighted by atomic mass is 32.2. The van der Waals surface area contributed by atoms with Gasteiger partial charge in [-0.15, -0.1) is 0 Å². The van der Waals surface area contributed by atoms with Crippen LogP contribution < -0.4 is 5.73 Å². The fourth-order valence-electron chi connectivity index (χ4n) is 0.417. The van der Waals surface area contributed by atoms with Crippen LogP contribution in [-0.4, -0.2) is 50.2 Å². The van der Waals surface area contributed by atoms with Gasteiger partial charge in [0.15, 0.2) is 5.96 Å². The second kappa shape index (κ2) is 4.27. The quantitative estimate of drug-likeness (QED) is 0.333. The summed E-state index contributed by atoms with van der Waals surface area (Å²) in [6, 6.07) is 0. The maximum atomic E-state index is 10.2. The van der Waals surface area contributed by atoms with Gasteiger partial charge in [0.1, 0.15) is 0 Å². The van der Waals surface area contributed by atoms with Crippen LogP contribution in [0.4, 0.5) is 0 Å². The van der Waals surface area contributed by atoms with E-state index in [1.54, 1.807) is 19.0 Å². The minimum absolute atomic E-state index is 0.0250. The zero-order valence-corrected chi connectivity index (χ0v) is 7.87. The molecule has 0 aliphatic heterocycles. The lowest BCUT2D eigenvalue weighted by Gasteiger charge is -2.09. The zero-order chi connectivity index (χ0) is 9.78. The molecule has 0 radical (unpaired) electrons. The van der Waals surface area contributed by atoms with Crippen molar-refractivity contribution in [1.29, 1.82) is 0 Å². The van der Waals surface area contributed by atoms with Crippen molar-refractivity contribution in [3.8, 4) is 0 Å². The molecular formula is C5H13N3O3S. The van der Waals surface area contributed by atoms with Crippen molar-refractivity contribution in [3.63, 3.8) is 0 Å². The van der Waals surface area contributed by atoms with Crippen molar-refractivity contribution in [1.82, 2.24) is 4.90 Å². The molecule has 0 rings (SSSR count). The largest absolute Gasteiger partial charge is 0.370 e. The Morgan fingerprint density at radius 3 is 2.42 bits per heavy atom. The third-order valence-electron chi connectivity index (χ3n) is 1.08. The molecule has 0 amide bonds. The fraction of sp³-hybridized carbons (Fsp3) is 0.800. The molecule has 0 aromatic rings. The van der Waals surface area contributed by atoms with Crippen LogP contribution in [0.15, 0.2) is 4.99 Å². The number of aliphatic imine (C=N–C) groups is 1. The van der Waals surface area contributed by atoms with Crippen LogP contribution in [0.25, 0.3) is 0 Å². The van der Waals surface area contributed by atoms with Gasteiger partial charge >= 0.3 is 0 Å². The first kappa shape index (κ1) is 11.2. The molecule has 0 aromatic heterocycles. The van der Waals surface area contributed by atoms with E-state index in [-0.39, 0.29) is 12.5 Å². The minimum Gasteiger partial charge on any atom is -0.370 e. The maximum Gasteiger partial charge on any atom is 0.266 e. The van der Waals surface area contributed by atoms with Crippen LogP contribution in [0, 0.1) is 0 Å². The first-order chi connectivity index (χ1) is 5.33. The lowest BCUT2D eigenvalue weighted by molar-refractivity contribution is 0.483. The zero-order valence-electron chi connectivity index (χ0n) is 7.06. The second-order valence-corrected chi connectivity index (χ2v) is 3.99. The summed E-state index contributed by atoms with van der Waals surface area (Å²) in [6.07, 6.45) is 0. The van der Waals surface area contributed by atoms with Gasteiger partial charge in [0.05, 0.1) is 12.3 Å². The molecule has 6 nitrogen and oxygen atoms in total. The van der Waals surface area contributed by atoms with Crippen molar-refractivity contribution >= 4 is 16.1 Å². The van der Waals surface area contributed by atoms with E-state index in [0.29, 0.717) is 0 Å². The van der Waals surface area contributed by atoms with Crippen LogP contribution in [0.5, 0.6) is 0 Å². The summed E-state index contributed by atoms with van der Waals surface area (Å²) in [7, 11) is -0.553. The van der Waals surface area contributed by atoms with Crippen LogP contribution >= 0.6 is 0 Å². The fourth-order valence-corrected chi connectivity index (χ4v) is 0.739. The van der Waals surface area contributed by atoms with Crippen molar-refractivity contribution in [2.24, 2.45) is 10.7 Å². The van der Waals surface area contributed by atoms with Gasteiger partial charge in [0.2, 0.25) is 0 Å². The predicted molar refractivity (Wildman–Crippen MR) is 46.6 cm³/mol. The Kier molecular flexibility index (Phi) is 3.98. The molecule has 12 heavy (non-hydrogen) atoms. The predicted octanol–water partition coefficient (Wildman–Crippen LogP) is -1.25. The van der Waals surface area contributed by atoms with Gasteiger partial charge in [-0.3, -0.25) is 9.55 Å². The van der Waals surface area contributed by atoms with Gasteiger partial charge in [-0.2, -0.15) is 8.42 Å². The normalized spacial score (nSPS) is 13.1. The van der Waals surface area contributed by atoms with Gasteiger partial charge in [-0.1, -0.05) is 0 Å². The molecule has 0 aliphatic carbocycles. The molecular weight excluding hydrogens is 182 g/mol. The van der Waals surface area contributed by atoms with Gasteiger partial charge in [0.25, 0.3) is 10.1 Å². The van der Waals surface area contributed by atoms with Gasteiger partial charge < -0.3 is 10.6 Å². The molecule has 3 N–H and O–H groups in total.